The van der Waals surface area contributed by atoms with Gasteiger partial charge >= 0.3 is 0 Å². The van der Waals surface area contributed by atoms with Crippen molar-refractivity contribution in [1.29, 1.82) is 0 Å². The third kappa shape index (κ3) is 2.99. The quantitative estimate of drug-likeness (QED) is 0.860. The summed E-state index contributed by atoms with van der Waals surface area (Å²) in [6, 6.07) is -0.308. The van der Waals surface area contributed by atoms with Gasteiger partial charge in [-0.15, -0.1) is 0 Å². The first-order valence-corrected chi connectivity index (χ1v) is 8.18. The van der Waals surface area contributed by atoms with Gasteiger partial charge in [-0.3, -0.25) is 9.59 Å². The van der Waals surface area contributed by atoms with Crippen molar-refractivity contribution in [3.05, 3.63) is 0 Å². The highest BCUT2D eigenvalue weighted by atomic mass is 16.2. The molecule has 1 aliphatic heterocycles. The van der Waals surface area contributed by atoms with Gasteiger partial charge < -0.3 is 10.2 Å². The molecule has 2 fully saturated rings. The van der Waals surface area contributed by atoms with Gasteiger partial charge in [-0.2, -0.15) is 0 Å². The van der Waals surface area contributed by atoms with Gasteiger partial charge in [0.2, 0.25) is 11.8 Å². The summed E-state index contributed by atoms with van der Waals surface area (Å²) in [4.78, 5) is 27.1. The molecule has 2 amide bonds. The largest absolute Gasteiger partial charge is 0.342 e. The summed E-state index contributed by atoms with van der Waals surface area (Å²) in [7, 11) is 0. The van der Waals surface area contributed by atoms with Crippen LogP contribution < -0.4 is 5.32 Å². The number of piperazine rings is 1. The Labute approximate surface area is 122 Å². The van der Waals surface area contributed by atoms with Crippen molar-refractivity contribution in [1.82, 2.24) is 10.2 Å². The second-order valence-corrected chi connectivity index (χ2v) is 6.58. The predicted molar refractivity (Wildman–Crippen MR) is 79.2 cm³/mol. The summed E-state index contributed by atoms with van der Waals surface area (Å²) in [5.74, 6) is 0.365. The highest BCUT2D eigenvalue weighted by Crippen LogP contribution is 2.29. The first-order chi connectivity index (χ1) is 9.56. The van der Waals surface area contributed by atoms with E-state index in [0.29, 0.717) is 0 Å². The molecule has 20 heavy (non-hydrogen) atoms. The van der Waals surface area contributed by atoms with Gasteiger partial charge in [0, 0.05) is 6.04 Å². The van der Waals surface area contributed by atoms with Crippen LogP contribution in [0.3, 0.4) is 0 Å². The SMILES string of the molecule is CCCC1NC(=O)C(C(C)C)N(C2CCCCC2)C1=O. The van der Waals surface area contributed by atoms with Crippen molar-refractivity contribution in [2.45, 2.75) is 83.8 Å². The number of nitrogens with zero attached hydrogens (tertiary/aromatic N) is 1. The second-order valence-electron chi connectivity index (χ2n) is 6.58. The third-order valence-electron chi connectivity index (χ3n) is 4.61. The normalized spacial score (nSPS) is 28.9. The Morgan fingerprint density at radius 2 is 1.85 bits per heavy atom. The smallest absolute Gasteiger partial charge is 0.246 e. The molecule has 0 aromatic carbocycles. The molecule has 0 spiro atoms. The molecular weight excluding hydrogens is 252 g/mol. The van der Waals surface area contributed by atoms with Crippen LogP contribution >= 0.6 is 0 Å². The molecule has 1 N–H and O–H groups in total. The van der Waals surface area contributed by atoms with Gasteiger partial charge in [0.05, 0.1) is 0 Å². The summed E-state index contributed by atoms with van der Waals surface area (Å²) in [6.07, 6.45) is 7.40. The molecular formula is C16H28N2O2. The minimum atomic E-state index is -0.301. The van der Waals surface area contributed by atoms with E-state index >= 15 is 0 Å². The lowest BCUT2D eigenvalue weighted by Gasteiger charge is -2.46. The molecule has 2 aliphatic rings. The Hall–Kier alpha value is -1.06. The van der Waals surface area contributed by atoms with Gasteiger partial charge in [-0.05, 0) is 25.2 Å². The minimum absolute atomic E-state index is 0.0450. The zero-order chi connectivity index (χ0) is 14.7. The molecule has 1 saturated heterocycles. The van der Waals surface area contributed by atoms with Gasteiger partial charge in [0.15, 0.2) is 0 Å². The molecule has 1 saturated carbocycles. The van der Waals surface area contributed by atoms with E-state index in [1.54, 1.807) is 0 Å². The molecule has 2 atom stereocenters. The highest BCUT2D eigenvalue weighted by Gasteiger charge is 2.44. The van der Waals surface area contributed by atoms with E-state index in [1.807, 2.05) is 18.7 Å². The molecule has 4 nitrogen and oxygen atoms in total. The lowest BCUT2D eigenvalue weighted by molar-refractivity contribution is -0.155. The van der Waals surface area contributed by atoms with Crippen molar-refractivity contribution in [3.63, 3.8) is 0 Å². The number of amides is 2. The van der Waals surface area contributed by atoms with Gasteiger partial charge in [-0.1, -0.05) is 46.5 Å². The predicted octanol–water partition coefficient (Wildman–Crippen LogP) is 2.47. The van der Waals surface area contributed by atoms with Crippen LogP contribution in [0.25, 0.3) is 0 Å². The molecule has 0 bridgehead atoms. The van der Waals surface area contributed by atoms with Crippen molar-refractivity contribution >= 4 is 11.8 Å². The highest BCUT2D eigenvalue weighted by molar-refractivity contribution is 5.97. The number of hydrogen-bond acceptors (Lipinski definition) is 2. The Kier molecular flexibility index (Phi) is 5.06. The molecule has 0 aromatic rings. The fraction of sp³-hybridized carbons (Fsp3) is 0.875. The molecule has 2 unspecified atom stereocenters. The summed E-state index contributed by atoms with van der Waals surface area (Å²) in [6.45, 7) is 6.12. The zero-order valence-corrected chi connectivity index (χ0v) is 13.0. The number of rotatable bonds is 4. The maximum atomic E-state index is 12.8. The maximum Gasteiger partial charge on any atom is 0.246 e. The fourth-order valence-electron chi connectivity index (χ4n) is 3.64. The molecule has 1 heterocycles. The summed E-state index contributed by atoms with van der Waals surface area (Å²) in [5, 5.41) is 2.94. The van der Waals surface area contributed by atoms with Gasteiger partial charge in [0.25, 0.3) is 0 Å². The monoisotopic (exact) mass is 280 g/mol. The average molecular weight is 280 g/mol. The topological polar surface area (TPSA) is 49.4 Å². The Morgan fingerprint density at radius 1 is 1.20 bits per heavy atom. The van der Waals surface area contributed by atoms with Crippen LogP contribution in [0.5, 0.6) is 0 Å². The van der Waals surface area contributed by atoms with Crippen molar-refractivity contribution in [2.75, 3.05) is 0 Å². The standard InChI is InChI=1S/C16H28N2O2/c1-4-8-13-16(20)18(12-9-6-5-7-10-12)14(11(2)3)15(19)17-13/h11-14H,4-10H2,1-3H3,(H,17,19). The first kappa shape index (κ1) is 15.3. The molecule has 0 radical (unpaired) electrons. The Morgan fingerprint density at radius 3 is 2.40 bits per heavy atom. The van der Waals surface area contributed by atoms with E-state index in [2.05, 4.69) is 12.2 Å². The zero-order valence-electron chi connectivity index (χ0n) is 13.0. The van der Waals surface area contributed by atoms with E-state index < -0.39 is 0 Å². The van der Waals surface area contributed by atoms with Crippen LogP contribution in [0.4, 0.5) is 0 Å². The summed E-state index contributed by atoms with van der Waals surface area (Å²) < 4.78 is 0. The first-order valence-electron chi connectivity index (χ1n) is 8.18. The fourth-order valence-corrected chi connectivity index (χ4v) is 3.64. The third-order valence-corrected chi connectivity index (χ3v) is 4.61. The number of hydrogen-bond donors (Lipinski definition) is 1. The number of nitrogens with one attached hydrogen (secondary N) is 1. The number of carbonyl (C=O) groups is 2. The van der Waals surface area contributed by atoms with Crippen molar-refractivity contribution in [3.8, 4) is 0 Å². The molecule has 114 valence electrons. The van der Waals surface area contributed by atoms with E-state index in [4.69, 9.17) is 0 Å². The molecule has 0 aromatic heterocycles. The molecule has 2 rings (SSSR count). The Balaban J connectivity index is 2.23. The number of carbonyl (C=O) groups excluding carboxylic acids is 2. The van der Waals surface area contributed by atoms with Crippen LogP contribution in [0.15, 0.2) is 0 Å². The molecule has 1 aliphatic carbocycles. The van der Waals surface area contributed by atoms with Crippen LogP contribution in [-0.2, 0) is 9.59 Å². The second kappa shape index (κ2) is 6.59. The average Bonchev–Trinajstić information content (AvgIpc) is 2.43. The van der Waals surface area contributed by atoms with E-state index in [9.17, 15) is 9.59 Å². The Bertz CT molecular complexity index is 361. The van der Waals surface area contributed by atoms with Crippen molar-refractivity contribution < 1.29 is 9.59 Å². The lowest BCUT2D eigenvalue weighted by Crippen LogP contribution is -2.67. The van der Waals surface area contributed by atoms with Crippen molar-refractivity contribution in [2.24, 2.45) is 5.92 Å². The summed E-state index contributed by atoms with van der Waals surface area (Å²) >= 11 is 0. The van der Waals surface area contributed by atoms with Gasteiger partial charge in [-0.25, -0.2) is 0 Å². The van der Waals surface area contributed by atoms with Crippen LogP contribution in [0.1, 0.15) is 65.7 Å². The summed E-state index contributed by atoms with van der Waals surface area (Å²) in [5.41, 5.74) is 0. The van der Waals surface area contributed by atoms with Gasteiger partial charge in [0.1, 0.15) is 12.1 Å². The van der Waals surface area contributed by atoms with E-state index in [1.165, 1.54) is 19.3 Å². The molecule has 4 heteroatoms. The van der Waals surface area contributed by atoms with Crippen LogP contribution in [0.2, 0.25) is 0 Å². The van der Waals surface area contributed by atoms with Crippen LogP contribution in [-0.4, -0.2) is 34.8 Å². The van der Waals surface area contributed by atoms with E-state index in [0.717, 1.165) is 25.7 Å². The minimum Gasteiger partial charge on any atom is -0.342 e. The lowest BCUT2D eigenvalue weighted by atomic mass is 9.88. The van der Waals surface area contributed by atoms with E-state index in [-0.39, 0.29) is 35.9 Å². The maximum absolute atomic E-state index is 12.8. The van der Waals surface area contributed by atoms with Crippen LogP contribution in [0, 0.1) is 5.92 Å².